The van der Waals surface area contributed by atoms with E-state index in [4.69, 9.17) is 4.74 Å². The van der Waals surface area contributed by atoms with E-state index in [0.717, 1.165) is 30.5 Å². The standard InChI is InChI=1S/C19H20F2N2O4S/c20-19(21)28(25,26)17-7-5-15(6-8-17)18(24)23(13-16-4-2-10-27-16)12-14-3-1-9-22-11-14/h1,3,5-9,11,16,19H,2,4,10,12-13H2. The van der Waals surface area contributed by atoms with Crippen molar-refractivity contribution in [2.75, 3.05) is 13.2 Å². The molecule has 0 radical (unpaired) electrons. The molecule has 1 aliphatic heterocycles. The van der Waals surface area contributed by atoms with Crippen LogP contribution in [0.25, 0.3) is 0 Å². The predicted molar refractivity (Wildman–Crippen MR) is 97.6 cm³/mol. The number of hydrogen-bond acceptors (Lipinski definition) is 5. The second-order valence-electron chi connectivity index (χ2n) is 6.51. The molecular weight excluding hydrogens is 390 g/mol. The third kappa shape index (κ3) is 4.71. The molecule has 0 saturated carbocycles. The summed E-state index contributed by atoms with van der Waals surface area (Å²) in [7, 11) is -4.69. The van der Waals surface area contributed by atoms with Crippen LogP contribution < -0.4 is 0 Å². The van der Waals surface area contributed by atoms with Crippen LogP contribution >= 0.6 is 0 Å². The van der Waals surface area contributed by atoms with Crippen molar-refractivity contribution in [3.05, 3.63) is 59.9 Å². The van der Waals surface area contributed by atoms with Crippen molar-refractivity contribution < 1.29 is 26.7 Å². The number of nitrogens with zero attached hydrogens (tertiary/aromatic N) is 2. The molecule has 6 nitrogen and oxygen atoms in total. The van der Waals surface area contributed by atoms with Gasteiger partial charge in [-0.2, -0.15) is 8.78 Å². The first-order chi connectivity index (χ1) is 13.4. The zero-order valence-electron chi connectivity index (χ0n) is 15.0. The van der Waals surface area contributed by atoms with Crippen molar-refractivity contribution in [1.29, 1.82) is 0 Å². The topological polar surface area (TPSA) is 76.6 Å². The molecule has 0 aliphatic carbocycles. The minimum atomic E-state index is -4.69. The Labute approximate surface area is 162 Å². The maximum Gasteiger partial charge on any atom is 0.341 e. The summed E-state index contributed by atoms with van der Waals surface area (Å²) in [6.07, 6.45) is 5.01. The molecule has 2 aromatic rings. The first kappa shape index (κ1) is 20.3. The summed E-state index contributed by atoms with van der Waals surface area (Å²) >= 11 is 0. The maximum absolute atomic E-state index is 13.0. The molecule has 28 heavy (non-hydrogen) atoms. The second-order valence-corrected chi connectivity index (χ2v) is 8.43. The Morgan fingerprint density at radius 1 is 1.25 bits per heavy atom. The molecular formula is C19H20F2N2O4S. The monoisotopic (exact) mass is 410 g/mol. The van der Waals surface area contributed by atoms with Crippen LogP contribution in [0.3, 0.4) is 0 Å². The Bertz CT molecular complexity index is 899. The number of sulfone groups is 1. The van der Waals surface area contributed by atoms with Gasteiger partial charge in [0.2, 0.25) is 9.84 Å². The van der Waals surface area contributed by atoms with Crippen LogP contribution in [0.2, 0.25) is 0 Å². The lowest BCUT2D eigenvalue weighted by molar-refractivity contribution is 0.0507. The van der Waals surface area contributed by atoms with Crippen molar-refractivity contribution in [3.63, 3.8) is 0 Å². The van der Waals surface area contributed by atoms with E-state index in [1.54, 1.807) is 23.4 Å². The average molecular weight is 410 g/mol. The highest BCUT2D eigenvalue weighted by atomic mass is 32.2. The van der Waals surface area contributed by atoms with Crippen molar-refractivity contribution in [3.8, 4) is 0 Å². The third-order valence-electron chi connectivity index (χ3n) is 4.50. The van der Waals surface area contributed by atoms with E-state index in [9.17, 15) is 22.0 Å². The SMILES string of the molecule is O=C(c1ccc(S(=O)(=O)C(F)F)cc1)N(Cc1cccnc1)CC1CCCO1. The normalized spacial score (nSPS) is 17.0. The van der Waals surface area contributed by atoms with Gasteiger partial charge >= 0.3 is 5.76 Å². The molecule has 1 atom stereocenters. The molecule has 1 unspecified atom stereocenters. The van der Waals surface area contributed by atoms with Crippen molar-refractivity contribution in [1.82, 2.24) is 9.88 Å². The van der Waals surface area contributed by atoms with Gasteiger partial charge in [0.15, 0.2) is 0 Å². The molecule has 0 spiro atoms. The van der Waals surface area contributed by atoms with Crippen LogP contribution in [0.5, 0.6) is 0 Å². The highest BCUT2D eigenvalue weighted by Crippen LogP contribution is 2.21. The quantitative estimate of drug-likeness (QED) is 0.702. The molecule has 150 valence electrons. The van der Waals surface area contributed by atoms with Gasteiger partial charge in [0.25, 0.3) is 5.91 Å². The van der Waals surface area contributed by atoms with Gasteiger partial charge in [-0.3, -0.25) is 9.78 Å². The van der Waals surface area contributed by atoms with E-state index >= 15 is 0 Å². The van der Waals surface area contributed by atoms with Crippen LogP contribution in [0.15, 0.2) is 53.7 Å². The summed E-state index contributed by atoms with van der Waals surface area (Å²) in [6, 6.07) is 8.19. The van der Waals surface area contributed by atoms with E-state index in [-0.39, 0.29) is 17.6 Å². The number of benzene rings is 1. The number of amides is 1. The van der Waals surface area contributed by atoms with Gasteiger partial charge in [-0.1, -0.05) is 6.07 Å². The Morgan fingerprint density at radius 2 is 2.00 bits per heavy atom. The van der Waals surface area contributed by atoms with Crippen LogP contribution in [0.4, 0.5) is 8.78 Å². The van der Waals surface area contributed by atoms with E-state index < -0.39 is 20.5 Å². The highest BCUT2D eigenvalue weighted by molar-refractivity contribution is 7.91. The molecule has 9 heteroatoms. The van der Waals surface area contributed by atoms with Crippen LogP contribution in [-0.4, -0.2) is 49.2 Å². The van der Waals surface area contributed by atoms with E-state index in [1.165, 1.54) is 12.1 Å². The number of rotatable bonds is 7. The Morgan fingerprint density at radius 3 is 2.57 bits per heavy atom. The van der Waals surface area contributed by atoms with Crippen molar-refractivity contribution in [2.45, 2.75) is 36.1 Å². The zero-order chi connectivity index (χ0) is 20.1. The number of carbonyl (C=O) groups is 1. The zero-order valence-corrected chi connectivity index (χ0v) is 15.8. The van der Waals surface area contributed by atoms with E-state index in [0.29, 0.717) is 19.7 Å². The molecule has 1 fully saturated rings. The average Bonchev–Trinajstić information content (AvgIpc) is 3.21. The number of hydrogen-bond donors (Lipinski definition) is 0. The summed E-state index contributed by atoms with van der Waals surface area (Å²) in [6.45, 7) is 1.34. The largest absolute Gasteiger partial charge is 0.376 e. The number of carbonyl (C=O) groups excluding carboxylic acids is 1. The summed E-state index contributed by atoms with van der Waals surface area (Å²) < 4.78 is 54.1. The lowest BCUT2D eigenvalue weighted by Crippen LogP contribution is -2.37. The molecule has 1 aromatic carbocycles. The summed E-state index contributed by atoms with van der Waals surface area (Å²) in [5.74, 6) is -3.84. The molecule has 0 bridgehead atoms. The Balaban J connectivity index is 1.81. The number of alkyl halides is 2. The fourth-order valence-corrected chi connectivity index (χ4v) is 3.76. The summed E-state index contributed by atoms with van der Waals surface area (Å²) in [4.78, 5) is 18.1. The fraction of sp³-hybridized carbons (Fsp3) is 0.368. The number of aromatic nitrogens is 1. The molecule has 1 aromatic heterocycles. The van der Waals surface area contributed by atoms with Gasteiger partial charge in [-0.25, -0.2) is 8.42 Å². The van der Waals surface area contributed by atoms with Gasteiger partial charge < -0.3 is 9.64 Å². The van der Waals surface area contributed by atoms with Crippen LogP contribution in [0, 0.1) is 0 Å². The minimum Gasteiger partial charge on any atom is -0.376 e. The number of halogens is 2. The molecule has 1 aliphatic rings. The van der Waals surface area contributed by atoms with Crippen molar-refractivity contribution in [2.24, 2.45) is 0 Å². The first-order valence-electron chi connectivity index (χ1n) is 8.80. The van der Waals surface area contributed by atoms with Crippen LogP contribution in [-0.2, 0) is 21.1 Å². The van der Waals surface area contributed by atoms with Crippen LogP contribution in [0.1, 0.15) is 28.8 Å². The molecule has 3 rings (SSSR count). The van der Waals surface area contributed by atoms with Gasteiger partial charge in [-0.05, 0) is 48.7 Å². The summed E-state index contributed by atoms with van der Waals surface area (Å²) in [5, 5.41) is 0. The number of pyridine rings is 1. The van der Waals surface area contributed by atoms with Gasteiger partial charge in [0.05, 0.1) is 11.0 Å². The lowest BCUT2D eigenvalue weighted by Gasteiger charge is -2.25. The minimum absolute atomic E-state index is 0.0703. The maximum atomic E-state index is 13.0. The van der Waals surface area contributed by atoms with E-state index in [1.807, 2.05) is 6.07 Å². The lowest BCUT2D eigenvalue weighted by atomic mass is 10.1. The third-order valence-corrected chi connectivity index (χ3v) is 5.89. The van der Waals surface area contributed by atoms with Gasteiger partial charge in [0, 0.05) is 37.7 Å². The van der Waals surface area contributed by atoms with Crippen molar-refractivity contribution >= 4 is 15.7 Å². The molecule has 1 saturated heterocycles. The number of ether oxygens (including phenoxy) is 1. The molecule has 0 N–H and O–H groups in total. The molecule has 1 amide bonds. The first-order valence-corrected chi connectivity index (χ1v) is 10.3. The smallest absolute Gasteiger partial charge is 0.341 e. The fourth-order valence-electron chi connectivity index (χ4n) is 3.04. The highest BCUT2D eigenvalue weighted by Gasteiger charge is 2.28. The Kier molecular flexibility index (Phi) is 6.35. The molecule has 2 heterocycles. The predicted octanol–water partition coefficient (Wildman–Crippen LogP) is 2.90. The van der Waals surface area contributed by atoms with E-state index in [2.05, 4.69) is 4.98 Å². The van der Waals surface area contributed by atoms with Gasteiger partial charge in [-0.15, -0.1) is 0 Å². The summed E-state index contributed by atoms with van der Waals surface area (Å²) in [5.41, 5.74) is 1.06. The Hall–Kier alpha value is -2.39. The second kappa shape index (κ2) is 8.74. The van der Waals surface area contributed by atoms with Gasteiger partial charge in [0.1, 0.15) is 0 Å².